The zero-order chi connectivity index (χ0) is 30.6. The lowest BCUT2D eigenvalue weighted by molar-refractivity contribution is -0.153. The molecule has 1 heterocycles. The van der Waals surface area contributed by atoms with Gasteiger partial charge in [-0.2, -0.15) is 13.2 Å². The summed E-state index contributed by atoms with van der Waals surface area (Å²) in [7, 11) is 0. The van der Waals surface area contributed by atoms with Gasteiger partial charge in [-0.25, -0.2) is 9.37 Å². The Kier molecular flexibility index (Phi) is 9.78. The molecule has 2 amide bonds. The van der Waals surface area contributed by atoms with Crippen LogP contribution in [0.25, 0.3) is 11.5 Å². The summed E-state index contributed by atoms with van der Waals surface area (Å²) in [4.78, 5) is 39.5. The first-order valence-electron chi connectivity index (χ1n) is 12.9. The second-order valence-corrected chi connectivity index (χ2v) is 10.7. The minimum Gasteiger partial charge on any atom is -0.481 e. The number of amides is 2. The van der Waals surface area contributed by atoms with Crippen LogP contribution in [0.15, 0.2) is 40.8 Å². The number of carbonyl (C=O) groups is 3. The minimum atomic E-state index is -5.10. The fourth-order valence-electron chi connectivity index (χ4n) is 4.90. The highest BCUT2D eigenvalue weighted by atomic mass is 35.5. The maximum absolute atomic E-state index is 13.6. The molecule has 0 aliphatic heterocycles. The van der Waals surface area contributed by atoms with Gasteiger partial charge in [-0.3, -0.25) is 14.4 Å². The Morgan fingerprint density at radius 1 is 1.02 bits per heavy atom. The molecule has 14 heteroatoms. The van der Waals surface area contributed by atoms with Crippen molar-refractivity contribution in [1.82, 2.24) is 10.3 Å². The number of aromatic nitrogens is 1. The van der Waals surface area contributed by atoms with Crippen LogP contribution in [0, 0.1) is 11.7 Å². The Labute approximate surface area is 247 Å². The van der Waals surface area contributed by atoms with Gasteiger partial charge in [0.15, 0.2) is 5.69 Å². The molecule has 1 fully saturated rings. The third kappa shape index (κ3) is 7.80. The number of carboxylic acid groups (broad SMARTS) is 1. The Morgan fingerprint density at radius 3 is 2.21 bits per heavy atom. The van der Waals surface area contributed by atoms with Crippen molar-refractivity contribution in [2.75, 3.05) is 11.9 Å². The predicted molar refractivity (Wildman–Crippen MR) is 146 cm³/mol. The molecule has 0 bridgehead atoms. The van der Waals surface area contributed by atoms with E-state index >= 15 is 0 Å². The van der Waals surface area contributed by atoms with Crippen LogP contribution in [0.1, 0.15) is 66.3 Å². The number of alkyl halides is 3. The van der Waals surface area contributed by atoms with Crippen molar-refractivity contribution >= 4 is 46.7 Å². The molecule has 0 unspecified atom stereocenters. The van der Waals surface area contributed by atoms with E-state index in [0.717, 1.165) is 43.4 Å². The lowest BCUT2D eigenvalue weighted by Gasteiger charge is -2.28. The number of aliphatic carboxylic acids is 1. The van der Waals surface area contributed by atoms with E-state index in [4.69, 9.17) is 32.7 Å². The first kappa shape index (κ1) is 31.3. The summed E-state index contributed by atoms with van der Waals surface area (Å²) in [5.74, 6) is -5.28. The van der Waals surface area contributed by atoms with Crippen molar-refractivity contribution < 1.29 is 41.5 Å². The lowest BCUT2D eigenvalue weighted by atomic mass is 9.77. The average Bonchev–Trinajstić information content (AvgIpc) is 3.34. The molecule has 3 N–H and O–H groups in total. The Hall–Kier alpha value is -3.64. The number of oxazole rings is 1. The molecule has 0 spiro atoms. The fourth-order valence-corrected chi connectivity index (χ4v) is 5.52. The number of halogens is 6. The zero-order valence-electron chi connectivity index (χ0n) is 21.9. The first-order valence-corrected chi connectivity index (χ1v) is 13.7. The lowest BCUT2D eigenvalue weighted by Crippen LogP contribution is -2.29. The molecule has 1 aromatic heterocycles. The van der Waals surface area contributed by atoms with E-state index in [1.807, 2.05) is 12.1 Å². The van der Waals surface area contributed by atoms with E-state index < -0.39 is 47.1 Å². The molecule has 1 saturated carbocycles. The number of anilines is 1. The number of nitrogens with one attached hydrogen (secondary N) is 2. The van der Waals surface area contributed by atoms with Crippen molar-refractivity contribution in [3.8, 4) is 11.5 Å². The largest absolute Gasteiger partial charge is 0.481 e. The van der Waals surface area contributed by atoms with E-state index in [9.17, 15) is 31.9 Å². The maximum Gasteiger partial charge on any atom is 0.452 e. The number of rotatable bonds is 9. The molecule has 1 aliphatic carbocycles. The Balaban J connectivity index is 1.32. The molecule has 8 nitrogen and oxygen atoms in total. The maximum atomic E-state index is 13.6. The Morgan fingerprint density at radius 2 is 1.64 bits per heavy atom. The van der Waals surface area contributed by atoms with Crippen LogP contribution in [-0.2, 0) is 15.8 Å². The van der Waals surface area contributed by atoms with Crippen LogP contribution < -0.4 is 10.6 Å². The van der Waals surface area contributed by atoms with E-state index in [1.165, 1.54) is 0 Å². The molecule has 42 heavy (non-hydrogen) atoms. The van der Waals surface area contributed by atoms with Gasteiger partial charge in [0.1, 0.15) is 5.82 Å². The van der Waals surface area contributed by atoms with Gasteiger partial charge in [-0.05, 0) is 67.3 Å². The van der Waals surface area contributed by atoms with Gasteiger partial charge in [0.2, 0.25) is 17.6 Å². The Bertz CT molecular complexity index is 1450. The molecule has 1 aliphatic rings. The second-order valence-electron chi connectivity index (χ2n) is 9.93. The molecule has 0 radical (unpaired) electrons. The number of hydrogen-bond donors (Lipinski definition) is 3. The molecular formula is C28H25Cl2F4N3O5. The number of benzene rings is 2. The third-order valence-corrected chi connectivity index (χ3v) is 7.53. The van der Waals surface area contributed by atoms with Crippen molar-refractivity contribution in [3.63, 3.8) is 0 Å². The standard InChI is InChI=1S/C28H25Cl2F4N3O5/c29-19-12-17(31)13-20(30)23(19)27-37-24(25(42-27)28(32,33)34)26(41)35-10-9-21(38)36-18-7-5-16(6-8-18)15-3-1-14(2-4-15)11-22(39)40/h5-8,12-15H,1-4,9-11H2,(H,35,41)(H,36,38)(H,39,40)/t14-,15-. The molecular weight excluding hydrogens is 605 g/mol. The van der Waals surface area contributed by atoms with Gasteiger partial charge < -0.3 is 20.2 Å². The highest BCUT2D eigenvalue weighted by Crippen LogP contribution is 2.40. The highest BCUT2D eigenvalue weighted by molar-refractivity contribution is 6.39. The van der Waals surface area contributed by atoms with Crippen LogP contribution in [-0.4, -0.2) is 34.4 Å². The van der Waals surface area contributed by atoms with E-state index in [2.05, 4.69) is 15.6 Å². The van der Waals surface area contributed by atoms with Crippen molar-refractivity contribution in [1.29, 1.82) is 0 Å². The van der Waals surface area contributed by atoms with Crippen molar-refractivity contribution in [2.45, 2.75) is 50.6 Å². The molecule has 3 aromatic rings. The molecule has 4 rings (SSSR count). The summed E-state index contributed by atoms with van der Waals surface area (Å²) in [5.41, 5.74) is 0.176. The van der Waals surface area contributed by atoms with Crippen LogP contribution >= 0.6 is 23.2 Å². The topological polar surface area (TPSA) is 122 Å². The zero-order valence-corrected chi connectivity index (χ0v) is 23.4. The monoisotopic (exact) mass is 629 g/mol. The summed E-state index contributed by atoms with van der Waals surface area (Å²) in [5, 5.41) is 13.1. The summed E-state index contributed by atoms with van der Waals surface area (Å²) in [6, 6.07) is 8.85. The number of carbonyl (C=O) groups excluding carboxylic acids is 2. The van der Waals surface area contributed by atoms with Crippen LogP contribution in [0.2, 0.25) is 10.0 Å². The average molecular weight is 630 g/mol. The first-order chi connectivity index (χ1) is 19.8. The molecule has 2 aromatic carbocycles. The van der Waals surface area contributed by atoms with Gasteiger partial charge in [-0.15, -0.1) is 0 Å². The van der Waals surface area contributed by atoms with Gasteiger partial charge in [0.05, 0.1) is 15.6 Å². The van der Waals surface area contributed by atoms with E-state index in [0.29, 0.717) is 11.6 Å². The third-order valence-electron chi connectivity index (χ3n) is 6.93. The molecule has 224 valence electrons. The highest BCUT2D eigenvalue weighted by Gasteiger charge is 2.42. The van der Waals surface area contributed by atoms with Crippen LogP contribution in [0.3, 0.4) is 0 Å². The summed E-state index contributed by atoms with van der Waals surface area (Å²) >= 11 is 11.8. The van der Waals surface area contributed by atoms with Crippen LogP contribution in [0.5, 0.6) is 0 Å². The fraction of sp³-hybridized carbons (Fsp3) is 0.357. The summed E-state index contributed by atoms with van der Waals surface area (Å²) < 4.78 is 59.0. The summed E-state index contributed by atoms with van der Waals surface area (Å²) in [6.45, 7) is -0.306. The van der Waals surface area contributed by atoms with E-state index in [1.54, 1.807) is 12.1 Å². The van der Waals surface area contributed by atoms with E-state index in [-0.39, 0.29) is 40.9 Å². The number of carboxylic acids is 1. The quantitative estimate of drug-likeness (QED) is 0.213. The minimum absolute atomic E-state index is 0.182. The molecule has 0 atom stereocenters. The van der Waals surface area contributed by atoms with Crippen molar-refractivity contribution in [3.05, 3.63) is 69.3 Å². The summed E-state index contributed by atoms with van der Waals surface area (Å²) in [6.07, 6.45) is -1.71. The molecule has 0 saturated heterocycles. The number of nitrogens with zero attached hydrogens (tertiary/aromatic N) is 1. The normalized spacial score (nSPS) is 17.1. The van der Waals surface area contributed by atoms with Crippen LogP contribution in [0.4, 0.5) is 23.2 Å². The number of hydrogen-bond acceptors (Lipinski definition) is 5. The SMILES string of the molecule is O=C(O)C[C@H]1CC[C@H](c2ccc(NC(=O)CCNC(=O)c3nc(-c4c(Cl)cc(F)cc4Cl)oc3C(F)(F)F)cc2)CC1. The second kappa shape index (κ2) is 13.1. The van der Waals surface area contributed by atoms with Crippen molar-refractivity contribution in [2.24, 2.45) is 5.92 Å². The van der Waals surface area contributed by atoms with Gasteiger partial charge in [-0.1, -0.05) is 35.3 Å². The predicted octanol–water partition coefficient (Wildman–Crippen LogP) is 7.31. The smallest absolute Gasteiger partial charge is 0.452 e. The van der Waals surface area contributed by atoms with Gasteiger partial charge in [0.25, 0.3) is 5.91 Å². The van der Waals surface area contributed by atoms with Gasteiger partial charge in [0, 0.05) is 25.1 Å². The van der Waals surface area contributed by atoms with Gasteiger partial charge >= 0.3 is 12.1 Å².